The van der Waals surface area contributed by atoms with E-state index in [9.17, 15) is 0 Å². The molecule has 0 unspecified atom stereocenters. The molecule has 1 aromatic carbocycles. The molecule has 0 aromatic heterocycles. The summed E-state index contributed by atoms with van der Waals surface area (Å²) in [4.78, 5) is 0. The molecule has 13 heavy (non-hydrogen) atoms. The number of aliphatic hydroxyl groups excluding tert-OH is 1. The Hall–Kier alpha value is -0.250. The van der Waals surface area contributed by atoms with Crippen LogP contribution in [0.15, 0.2) is 22.7 Å². The van der Waals surface area contributed by atoms with E-state index < -0.39 is 0 Å². The van der Waals surface area contributed by atoms with Crippen molar-refractivity contribution in [2.75, 3.05) is 13.2 Å². The van der Waals surface area contributed by atoms with Crippen LogP contribution in [0.1, 0.15) is 6.42 Å². The van der Waals surface area contributed by atoms with Gasteiger partial charge in [-0.05, 0) is 18.2 Å². The fraction of sp³-hybridized carbons (Fsp3) is 0.333. The first-order valence-corrected chi connectivity index (χ1v) is 5.10. The van der Waals surface area contributed by atoms with Crippen LogP contribution in [0.25, 0.3) is 0 Å². The Morgan fingerprint density at radius 2 is 2.23 bits per heavy atom. The van der Waals surface area contributed by atoms with Gasteiger partial charge >= 0.3 is 0 Å². The Labute approximate surface area is 90.6 Å². The maximum Gasteiger partial charge on any atom is 0.139 e. The van der Waals surface area contributed by atoms with E-state index >= 15 is 0 Å². The van der Waals surface area contributed by atoms with E-state index in [1.807, 2.05) is 6.07 Å². The Balaban J connectivity index is 2.59. The molecule has 0 aliphatic heterocycles. The molecule has 72 valence electrons. The van der Waals surface area contributed by atoms with Gasteiger partial charge in [0.1, 0.15) is 5.75 Å². The number of aliphatic hydroxyl groups is 1. The second kappa shape index (κ2) is 5.47. The van der Waals surface area contributed by atoms with Crippen LogP contribution in [0.2, 0.25) is 5.02 Å². The molecule has 1 N–H and O–H groups in total. The van der Waals surface area contributed by atoms with Gasteiger partial charge in [0.15, 0.2) is 0 Å². The van der Waals surface area contributed by atoms with Gasteiger partial charge in [-0.15, -0.1) is 0 Å². The number of hydrogen-bond acceptors (Lipinski definition) is 2. The van der Waals surface area contributed by atoms with Gasteiger partial charge in [-0.2, -0.15) is 0 Å². The van der Waals surface area contributed by atoms with Gasteiger partial charge in [-0.1, -0.05) is 27.5 Å². The van der Waals surface area contributed by atoms with Gasteiger partial charge in [-0.3, -0.25) is 0 Å². The molecule has 0 radical (unpaired) electrons. The van der Waals surface area contributed by atoms with E-state index in [0.29, 0.717) is 23.8 Å². The molecule has 0 saturated carbocycles. The topological polar surface area (TPSA) is 29.5 Å². The van der Waals surface area contributed by atoms with E-state index in [-0.39, 0.29) is 6.61 Å². The van der Waals surface area contributed by atoms with Crippen molar-refractivity contribution in [1.82, 2.24) is 0 Å². The number of halogens is 2. The summed E-state index contributed by atoms with van der Waals surface area (Å²) in [5, 5.41) is 9.13. The predicted molar refractivity (Wildman–Crippen MR) is 56.3 cm³/mol. The summed E-state index contributed by atoms with van der Waals surface area (Å²) in [6.45, 7) is 0.609. The molecule has 0 fully saturated rings. The molecule has 0 spiro atoms. The highest BCUT2D eigenvalue weighted by Gasteiger charge is 2.01. The summed E-state index contributed by atoms with van der Waals surface area (Å²) in [5.74, 6) is 0.643. The molecule has 1 rings (SSSR count). The van der Waals surface area contributed by atoms with Gasteiger partial charge in [0, 0.05) is 17.5 Å². The standard InChI is InChI=1S/C9H10BrClO2/c10-7-2-3-8(11)9(6-7)13-5-1-4-12/h2-3,6,12H,1,4-5H2. The average molecular weight is 266 g/mol. The largest absolute Gasteiger partial charge is 0.492 e. The number of rotatable bonds is 4. The third-order valence-electron chi connectivity index (χ3n) is 1.45. The maximum absolute atomic E-state index is 8.55. The summed E-state index contributed by atoms with van der Waals surface area (Å²) in [6.07, 6.45) is 0.614. The first-order chi connectivity index (χ1) is 6.24. The van der Waals surface area contributed by atoms with Crippen molar-refractivity contribution in [3.05, 3.63) is 27.7 Å². The van der Waals surface area contributed by atoms with Crippen LogP contribution in [0.4, 0.5) is 0 Å². The van der Waals surface area contributed by atoms with Gasteiger partial charge in [0.2, 0.25) is 0 Å². The summed E-state index contributed by atoms with van der Waals surface area (Å²) in [7, 11) is 0. The Bertz CT molecular complexity index is 278. The van der Waals surface area contributed by atoms with Crippen molar-refractivity contribution < 1.29 is 9.84 Å². The zero-order valence-corrected chi connectivity index (χ0v) is 9.31. The highest BCUT2D eigenvalue weighted by molar-refractivity contribution is 9.10. The number of benzene rings is 1. The molecule has 2 nitrogen and oxygen atoms in total. The SMILES string of the molecule is OCCCOc1cc(Br)ccc1Cl. The lowest BCUT2D eigenvalue weighted by atomic mass is 10.3. The minimum atomic E-state index is 0.131. The molecular weight excluding hydrogens is 255 g/mol. The van der Waals surface area contributed by atoms with Crippen LogP contribution >= 0.6 is 27.5 Å². The van der Waals surface area contributed by atoms with Crippen molar-refractivity contribution in [2.24, 2.45) is 0 Å². The Morgan fingerprint density at radius 1 is 1.46 bits per heavy atom. The van der Waals surface area contributed by atoms with Crippen molar-refractivity contribution >= 4 is 27.5 Å². The van der Waals surface area contributed by atoms with Crippen molar-refractivity contribution in [1.29, 1.82) is 0 Å². The highest BCUT2D eigenvalue weighted by atomic mass is 79.9. The third kappa shape index (κ3) is 3.55. The molecule has 0 saturated heterocycles. The van der Waals surface area contributed by atoms with Crippen LogP contribution in [-0.4, -0.2) is 18.3 Å². The molecule has 0 aliphatic rings. The average Bonchev–Trinajstić information content (AvgIpc) is 2.11. The van der Waals surface area contributed by atoms with E-state index in [0.717, 1.165) is 4.47 Å². The zero-order valence-electron chi connectivity index (χ0n) is 6.96. The summed E-state index contributed by atoms with van der Waals surface area (Å²) < 4.78 is 6.26. The van der Waals surface area contributed by atoms with Gasteiger partial charge < -0.3 is 9.84 Å². The minimum Gasteiger partial charge on any atom is -0.492 e. The minimum absolute atomic E-state index is 0.131. The first kappa shape index (κ1) is 10.8. The lowest BCUT2D eigenvalue weighted by Crippen LogP contribution is -1.99. The fourth-order valence-corrected chi connectivity index (χ4v) is 1.35. The van der Waals surface area contributed by atoms with Crippen LogP contribution in [0.3, 0.4) is 0 Å². The lowest BCUT2D eigenvalue weighted by molar-refractivity contribution is 0.233. The monoisotopic (exact) mass is 264 g/mol. The molecule has 0 bridgehead atoms. The van der Waals surface area contributed by atoms with Crippen molar-refractivity contribution in [3.8, 4) is 5.75 Å². The fourth-order valence-electron chi connectivity index (χ4n) is 0.834. The van der Waals surface area contributed by atoms with Crippen LogP contribution in [-0.2, 0) is 0 Å². The predicted octanol–water partition coefficient (Wildman–Crippen LogP) is 2.86. The van der Waals surface area contributed by atoms with Crippen molar-refractivity contribution in [2.45, 2.75) is 6.42 Å². The quantitative estimate of drug-likeness (QED) is 0.848. The van der Waals surface area contributed by atoms with Gasteiger partial charge in [0.05, 0.1) is 11.6 Å². The number of hydrogen-bond donors (Lipinski definition) is 1. The molecular formula is C9H10BrClO2. The third-order valence-corrected chi connectivity index (χ3v) is 2.26. The molecule has 0 amide bonds. The van der Waals surface area contributed by atoms with Crippen LogP contribution in [0.5, 0.6) is 5.75 Å². The number of ether oxygens (including phenoxy) is 1. The molecule has 4 heteroatoms. The van der Waals surface area contributed by atoms with E-state index in [1.165, 1.54) is 0 Å². The second-order valence-corrected chi connectivity index (χ2v) is 3.82. The smallest absolute Gasteiger partial charge is 0.139 e. The maximum atomic E-state index is 8.55. The van der Waals surface area contributed by atoms with Crippen molar-refractivity contribution in [3.63, 3.8) is 0 Å². The van der Waals surface area contributed by atoms with E-state index in [2.05, 4.69) is 15.9 Å². The summed E-state index contributed by atoms with van der Waals surface area (Å²) in [5.41, 5.74) is 0. The first-order valence-electron chi connectivity index (χ1n) is 3.93. The van der Waals surface area contributed by atoms with E-state index in [4.69, 9.17) is 21.4 Å². The molecule has 0 aliphatic carbocycles. The van der Waals surface area contributed by atoms with Crippen LogP contribution in [0, 0.1) is 0 Å². The highest BCUT2D eigenvalue weighted by Crippen LogP contribution is 2.27. The Morgan fingerprint density at radius 3 is 2.92 bits per heavy atom. The molecule has 0 heterocycles. The summed E-state index contributed by atoms with van der Waals surface area (Å²) >= 11 is 9.18. The normalized spacial score (nSPS) is 10.1. The summed E-state index contributed by atoms with van der Waals surface area (Å²) in [6, 6.07) is 5.42. The van der Waals surface area contributed by atoms with E-state index in [1.54, 1.807) is 12.1 Å². The molecule has 0 atom stereocenters. The second-order valence-electron chi connectivity index (χ2n) is 2.50. The zero-order chi connectivity index (χ0) is 9.68. The molecule has 1 aromatic rings. The van der Waals surface area contributed by atoms with Gasteiger partial charge in [0.25, 0.3) is 0 Å². The lowest BCUT2D eigenvalue weighted by Gasteiger charge is -2.06. The Kier molecular flexibility index (Phi) is 4.56. The van der Waals surface area contributed by atoms with Gasteiger partial charge in [-0.25, -0.2) is 0 Å². The van der Waals surface area contributed by atoms with Crippen LogP contribution < -0.4 is 4.74 Å².